The summed E-state index contributed by atoms with van der Waals surface area (Å²) in [6, 6.07) is 7.24. The fourth-order valence-electron chi connectivity index (χ4n) is 5.00. The maximum absolute atomic E-state index is 14.5. The average Bonchev–Trinajstić information content (AvgIpc) is 2.85. The zero-order valence-corrected chi connectivity index (χ0v) is 21.1. The van der Waals surface area contributed by atoms with Crippen molar-refractivity contribution in [1.82, 2.24) is 10.2 Å². The maximum Gasteiger partial charge on any atom is 0.435 e. The van der Waals surface area contributed by atoms with E-state index >= 15 is 0 Å². The lowest BCUT2D eigenvalue weighted by Crippen LogP contribution is -2.50. The number of halogens is 8. The third kappa shape index (κ3) is 5.08. The Morgan fingerprint density at radius 3 is 1.93 bits per heavy atom. The van der Waals surface area contributed by atoms with Gasteiger partial charge in [0.15, 0.2) is 9.84 Å². The smallest absolute Gasteiger partial charge is 0.299 e. The molecule has 4 rings (SSSR count). The van der Waals surface area contributed by atoms with Crippen molar-refractivity contribution in [3.8, 4) is 0 Å². The molecule has 214 valence electrons. The summed E-state index contributed by atoms with van der Waals surface area (Å²) in [6.07, 6.45) is -10.4. The zero-order chi connectivity index (χ0) is 29.6. The summed E-state index contributed by atoms with van der Waals surface area (Å²) in [4.78, 5) is 12.2. The van der Waals surface area contributed by atoms with Gasteiger partial charge in [0.2, 0.25) is 0 Å². The van der Waals surface area contributed by atoms with Gasteiger partial charge in [-0.3, -0.25) is 4.79 Å². The molecule has 0 unspecified atom stereocenters. The van der Waals surface area contributed by atoms with Crippen molar-refractivity contribution >= 4 is 15.6 Å². The summed E-state index contributed by atoms with van der Waals surface area (Å²) >= 11 is 0. The quantitative estimate of drug-likeness (QED) is 0.231. The largest absolute Gasteiger partial charge is 0.435 e. The lowest BCUT2D eigenvalue weighted by atomic mass is 9.68. The van der Waals surface area contributed by atoms with Crippen LogP contribution in [-0.4, -0.2) is 36.8 Å². The van der Waals surface area contributed by atoms with E-state index in [1.54, 1.807) is 6.07 Å². The summed E-state index contributed by atoms with van der Waals surface area (Å²) in [7, 11) is -4.40. The molecule has 2 aromatic carbocycles. The highest BCUT2D eigenvalue weighted by molar-refractivity contribution is 7.92. The van der Waals surface area contributed by atoms with Crippen molar-refractivity contribution in [2.75, 3.05) is 0 Å². The van der Waals surface area contributed by atoms with E-state index in [1.807, 2.05) is 0 Å². The van der Waals surface area contributed by atoms with E-state index < -0.39 is 49.9 Å². The van der Waals surface area contributed by atoms with E-state index in [-0.39, 0.29) is 54.1 Å². The van der Waals surface area contributed by atoms with Crippen LogP contribution in [0.15, 0.2) is 71.9 Å². The minimum atomic E-state index is -6.34. The fourth-order valence-corrected chi connectivity index (χ4v) is 7.31. The van der Waals surface area contributed by atoms with E-state index in [4.69, 9.17) is 0 Å². The topological polar surface area (TPSA) is 77.0 Å². The molecule has 1 aliphatic carbocycles. The molecule has 14 heteroatoms. The summed E-state index contributed by atoms with van der Waals surface area (Å²) in [6.45, 7) is 0. The Balaban J connectivity index is 1.68. The van der Waals surface area contributed by atoms with E-state index in [0.717, 1.165) is 24.3 Å². The number of aromatic nitrogens is 2. The van der Waals surface area contributed by atoms with E-state index in [9.17, 15) is 48.3 Å². The maximum atomic E-state index is 14.5. The highest BCUT2D eigenvalue weighted by atomic mass is 32.2. The SMILES string of the molecule is O=C(Cc1ccnnc1)CC1CC(c2ccc(C(F)(C(F)(F)F)C(F)(F)F)cc2)(S(=O)(=O)c2ccc(F)cc2)C1. The number of Topliss-reactive ketones (excluding diaryl/α,β-unsaturated/α-hetero) is 1. The van der Waals surface area contributed by atoms with Crippen molar-refractivity contribution in [1.29, 1.82) is 0 Å². The van der Waals surface area contributed by atoms with Crippen LogP contribution in [-0.2, 0) is 31.5 Å². The molecular weight excluding hydrogens is 572 g/mol. The predicted molar refractivity (Wildman–Crippen MR) is 125 cm³/mol. The van der Waals surface area contributed by atoms with Crippen molar-refractivity contribution in [3.05, 3.63) is 89.5 Å². The monoisotopic (exact) mass is 592 g/mol. The number of hydrogen-bond acceptors (Lipinski definition) is 5. The van der Waals surface area contributed by atoms with Gasteiger partial charge in [0.1, 0.15) is 16.3 Å². The van der Waals surface area contributed by atoms with Gasteiger partial charge in [-0.25, -0.2) is 17.2 Å². The van der Waals surface area contributed by atoms with Crippen LogP contribution in [0.25, 0.3) is 0 Å². The zero-order valence-electron chi connectivity index (χ0n) is 20.3. The van der Waals surface area contributed by atoms with Crippen LogP contribution in [0.1, 0.15) is 36.0 Å². The number of hydrogen-bond donors (Lipinski definition) is 0. The molecule has 0 amide bonds. The van der Waals surface area contributed by atoms with Crippen LogP contribution in [0, 0.1) is 11.7 Å². The van der Waals surface area contributed by atoms with Crippen LogP contribution < -0.4 is 0 Å². The molecule has 1 aliphatic rings. The second kappa shape index (κ2) is 10.2. The molecule has 0 N–H and O–H groups in total. The lowest BCUT2D eigenvalue weighted by molar-refractivity contribution is -0.348. The molecule has 0 bridgehead atoms. The van der Waals surface area contributed by atoms with Crippen LogP contribution in [0.2, 0.25) is 0 Å². The molecule has 5 nitrogen and oxygen atoms in total. The van der Waals surface area contributed by atoms with Crippen molar-refractivity contribution in [3.63, 3.8) is 0 Å². The number of alkyl halides is 7. The first-order valence-electron chi connectivity index (χ1n) is 11.7. The Bertz CT molecular complexity index is 1450. The van der Waals surface area contributed by atoms with Crippen LogP contribution in [0.4, 0.5) is 35.1 Å². The Morgan fingerprint density at radius 1 is 0.850 bits per heavy atom. The summed E-state index contributed by atoms with van der Waals surface area (Å²) in [5.74, 6) is -1.49. The van der Waals surface area contributed by atoms with Crippen LogP contribution >= 0.6 is 0 Å². The second-order valence-corrected chi connectivity index (χ2v) is 11.9. The molecule has 40 heavy (non-hydrogen) atoms. The lowest BCUT2D eigenvalue weighted by Gasteiger charge is -2.47. The molecule has 0 atom stereocenters. The molecule has 0 radical (unpaired) electrons. The van der Waals surface area contributed by atoms with E-state index in [2.05, 4.69) is 10.2 Å². The van der Waals surface area contributed by atoms with Gasteiger partial charge < -0.3 is 0 Å². The van der Waals surface area contributed by atoms with Crippen molar-refractivity contribution in [2.24, 2.45) is 5.92 Å². The minimum absolute atomic E-state index is 0.00804. The summed E-state index contributed by atoms with van der Waals surface area (Å²) in [5.41, 5.74) is -7.06. The number of carbonyl (C=O) groups excluding carboxylic acids is 1. The Hall–Kier alpha value is -3.42. The normalized spacial score (nSPS) is 20.1. The van der Waals surface area contributed by atoms with Gasteiger partial charge >= 0.3 is 18.0 Å². The Morgan fingerprint density at radius 2 is 1.43 bits per heavy atom. The molecule has 1 heterocycles. The number of nitrogens with zero attached hydrogens (tertiary/aromatic N) is 2. The van der Waals surface area contributed by atoms with Gasteiger partial charge in [-0.1, -0.05) is 24.3 Å². The summed E-state index contributed by atoms with van der Waals surface area (Å²) in [5, 5.41) is 7.27. The van der Waals surface area contributed by atoms with Gasteiger partial charge in [-0.15, -0.1) is 0 Å². The first kappa shape index (κ1) is 29.6. The van der Waals surface area contributed by atoms with Crippen LogP contribution in [0.5, 0.6) is 0 Å². The fraction of sp³-hybridized carbons (Fsp3) is 0.346. The first-order chi connectivity index (χ1) is 18.5. The van der Waals surface area contributed by atoms with Crippen molar-refractivity contribution in [2.45, 2.75) is 53.3 Å². The molecule has 1 saturated carbocycles. The van der Waals surface area contributed by atoms with Gasteiger partial charge in [-0.05, 0) is 60.2 Å². The molecule has 3 aromatic rings. The molecule has 1 fully saturated rings. The van der Waals surface area contributed by atoms with Gasteiger partial charge in [0.05, 0.1) is 11.1 Å². The average molecular weight is 593 g/mol. The van der Waals surface area contributed by atoms with Gasteiger partial charge in [0, 0.05) is 24.6 Å². The number of benzene rings is 2. The molecule has 1 aromatic heterocycles. The van der Waals surface area contributed by atoms with Gasteiger partial charge in [-0.2, -0.15) is 36.5 Å². The van der Waals surface area contributed by atoms with E-state index in [1.165, 1.54) is 12.4 Å². The minimum Gasteiger partial charge on any atom is -0.299 e. The second-order valence-electron chi connectivity index (χ2n) is 9.63. The van der Waals surface area contributed by atoms with Gasteiger partial charge in [0.25, 0.3) is 0 Å². The third-order valence-corrected chi connectivity index (χ3v) is 9.52. The molecule has 0 aliphatic heterocycles. The third-order valence-electron chi connectivity index (χ3n) is 7.03. The Kier molecular flexibility index (Phi) is 7.54. The molecular formula is C26H20F8N2O3S. The standard InChI is InChI=1S/C26H20F8N2O3S/c27-20-5-7-22(8-6-20)40(38,39)23(13-17(14-23)12-21(37)11-16-9-10-35-36-15-16)18-1-3-19(4-2-18)24(28,25(29,30)31)26(32,33)34/h1-10,15,17H,11-14H2. The number of sulfone groups is 1. The van der Waals surface area contributed by atoms with E-state index in [0.29, 0.717) is 17.7 Å². The first-order valence-corrected chi connectivity index (χ1v) is 13.2. The molecule has 0 saturated heterocycles. The number of carbonyl (C=O) groups is 1. The Labute approximate surface area is 223 Å². The number of ketones is 1. The number of rotatable bonds is 8. The van der Waals surface area contributed by atoms with Crippen LogP contribution in [0.3, 0.4) is 0 Å². The van der Waals surface area contributed by atoms with Crippen molar-refractivity contribution < 1.29 is 48.3 Å². The molecule has 0 spiro atoms. The predicted octanol–water partition coefficient (Wildman–Crippen LogP) is 6.19. The highest BCUT2D eigenvalue weighted by Gasteiger charge is 2.73. The highest BCUT2D eigenvalue weighted by Crippen LogP contribution is 2.57. The summed E-state index contributed by atoms with van der Waals surface area (Å²) < 4.78 is 133.